The van der Waals surface area contributed by atoms with Crippen LogP contribution in [-0.2, 0) is 0 Å². The van der Waals surface area contributed by atoms with Gasteiger partial charge in [0, 0.05) is 30.3 Å². The van der Waals surface area contributed by atoms with Gasteiger partial charge in [-0.3, -0.25) is 20.2 Å². The Morgan fingerprint density at radius 1 is 0.880 bits per heavy atom. The zero-order valence-electron chi connectivity index (χ0n) is 13.2. The zero-order valence-corrected chi connectivity index (χ0v) is 13.2. The number of rotatable bonds is 4. The number of nitrogens with zero attached hydrogens (tertiary/aromatic N) is 2. The van der Waals surface area contributed by atoms with Crippen LogP contribution in [0, 0.1) is 37.7 Å². The minimum absolute atomic E-state index is 0.0236. The molecule has 25 heavy (non-hydrogen) atoms. The van der Waals surface area contributed by atoms with Gasteiger partial charge in [0.2, 0.25) is 5.82 Å². The fourth-order valence-electron chi connectivity index (χ4n) is 1.72. The Bertz CT molecular complexity index is 785. The van der Waals surface area contributed by atoms with Gasteiger partial charge in [0.25, 0.3) is 5.69 Å². The molecule has 0 aliphatic carbocycles. The molecule has 7 nitrogen and oxygen atoms in total. The number of halogens is 3. The lowest BCUT2D eigenvalue weighted by atomic mass is 10.2. The zero-order chi connectivity index (χ0) is 19.1. The van der Waals surface area contributed by atoms with Crippen LogP contribution in [0.25, 0.3) is 0 Å². The number of hydrogen-bond acceptors (Lipinski definition) is 5. The van der Waals surface area contributed by atoms with Gasteiger partial charge >= 0.3 is 5.69 Å². The molecule has 0 amide bonds. The van der Waals surface area contributed by atoms with E-state index < -0.39 is 33.0 Å². The van der Waals surface area contributed by atoms with Crippen molar-refractivity contribution >= 4 is 17.1 Å². The number of nitro groups is 2. The third-order valence-electron chi connectivity index (χ3n) is 2.71. The molecular formula is C15H14F3N3O4. The molecule has 0 aliphatic rings. The summed E-state index contributed by atoms with van der Waals surface area (Å²) in [5.41, 5.74) is -0.614. The normalized spacial score (nSPS) is 10.0. The minimum Gasteiger partial charge on any atom is -0.377 e. The van der Waals surface area contributed by atoms with Crippen LogP contribution in [0.1, 0.15) is 13.8 Å². The molecule has 0 bridgehead atoms. The van der Waals surface area contributed by atoms with Crippen molar-refractivity contribution in [1.82, 2.24) is 0 Å². The van der Waals surface area contributed by atoms with Gasteiger partial charge in [0.1, 0.15) is 17.3 Å². The maximum atomic E-state index is 12.8. The molecule has 0 spiro atoms. The number of anilines is 1. The average molecular weight is 357 g/mol. The lowest BCUT2D eigenvalue weighted by Gasteiger charge is -2.09. The third-order valence-corrected chi connectivity index (χ3v) is 2.71. The van der Waals surface area contributed by atoms with Crippen LogP contribution >= 0.6 is 0 Å². The molecule has 2 aromatic carbocycles. The monoisotopic (exact) mass is 357 g/mol. The quantitative estimate of drug-likeness (QED) is 0.645. The minimum atomic E-state index is -1.16. The van der Waals surface area contributed by atoms with Gasteiger partial charge in [-0.25, -0.2) is 8.78 Å². The van der Waals surface area contributed by atoms with Crippen LogP contribution in [0.5, 0.6) is 0 Å². The first-order valence-electron chi connectivity index (χ1n) is 6.91. The Labute approximate surface area is 140 Å². The van der Waals surface area contributed by atoms with Gasteiger partial charge < -0.3 is 5.32 Å². The molecule has 1 N–H and O–H groups in total. The van der Waals surface area contributed by atoms with Crippen molar-refractivity contribution in [2.24, 2.45) is 0 Å². The first kappa shape index (κ1) is 19.9. The Morgan fingerprint density at radius 3 is 1.80 bits per heavy atom. The molecule has 0 atom stereocenters. The summed E-state index contributed by atoms with van der Waals surface area (Å²) in [5, 5.41) is 23.3. The van der Waals surface area contributed by atoms with Crippen LogP contribution in [0.2, 0.25) is 0 Å². The molecule has 134 valence electrons. The second-order valence-electron chi connectivity index (χ2n) is 5.07. The van der Waals surface area contributed by atoms with Gasteiger partial charge in [-0.1, -0.05) is 0 Å². The third kappa shape index (κ3) is 6.09. The van der Waals surface area contributed by atoms with E-state index in [1.807, 2.05) is 13.8 Å². The Balaban J connectivity index is 0.000000257. The van der Waals surface area contributed by atoms with E-state index in [4.69, 9.17) is 0 Å². The summed E-state index contributed by atoms with van der Waals surface area (Å²) >= 11 is 0. The Hall–Kier alpha value is -3.17. The fraction of sp³-hybridized carbons (Fsp3) is 0.200. The standard InChI is InChI=1S/C9H11FN2O2.C6H3F2NO2/c1-6(2)11-8-5-7(10)3-4-9(8)12(13)14;7-4-1-2-6(9(10)11)5(8)3-4/h3-6,11H,1-2H3;1-3H. The highest BCUT2D eigenvalue weighted by Crippen LogP contribution is 2.25. The molecule has 0 fully saturated rings. The van der Waals surface area contributed by atoms with E-state index >= 15 is 0 Å². The van der Waals surface area contributed by atoms with E-state index in [9.17, 15) is 33.4 Å². The highest BCUT2D eigenvalue weighted by Gasteiger charge is 2.14. The van der Waals surface area contributed by atoms with E-state index in [1.165, 1.54) is 0 Å². The second kappa shape index (κ2) is 8.62. The van der Waals surface area contributed by atoms with Crippen molar-refractivity contribution in [3.05, 3.63) is 74.1 Å². The van der Waals surface area contributed by atoms with Gasteiger partial charge in [-0.05, 0) is 26.0 Å². The molecule has 0 saturated carbocycles. The predicted octanol–water partition coefficient (Wildman–Crippen LogP) is 4.43. The summed E-state index contributed by atoms with van der Waals surface area (Å²) in [6.07, 6.45) is 0. The summed E-state index contributed by atoms with van der Waals surface area (Å²) in [4.78, 5) is 19.1. The fourth-order valence-corrected chi connectivity index (χ4v) is 1.72. The average Bonchev–Trinajstić information content (AvgIpc) is 2.46. The van der Waals surface area contributed by atoms with Crippen LogP contribution in [0.15, 0.2) is 36.4 Å². The summed E-state index contributed by atoms with van der Waals surface area (Å²) in [5.74, 6) is -2.47. The number of hydrogen-bond donors (Lipinski definition) is 1. The molecule has 2 rings (SSSR count). The van der Waals surface area contributed by atoms with Crippen LogP contribution in [0.4, 0.5) is 30.2 Å². The van der Waals surface area contributed by atoms with Gasteiger partial charge in [0.05, 0.1) is 9.85 Å². The van der Waals surface area contributed by atoms with Crippen molar-refractivity contribution in [3.8, 4) is 0 Å². The molecule has 10 heteroatoms. The van der Waals surface area contributed by atoms with E-state index in [1.54, 1.807) is 0 Å². The van der Waals surface area contributed by atoms with Crippen molar-refractivity contribution in [2.75, 3.05) is 5.32 Å². The molecule has 0 aliphatic heterocycles. The number of nitrogens with one attached hydrogen (secondary N) is 1. The largest absolute Gasteiger partial charge is 0.377 e. The lowest BCUT2D eigenvalue weighted by Crippen LogP contribution is -2.11. The Morgan fingerprint density at radius 2 is 1.36 bits per heavy atom. The number of nitro benzene ring substituents is 2. The first-order valence-corrected chi connectivity index (χ1v) is 6.91. The maximum Gasteiger partial charge on any atom is 0.304 e. The van der Waals surface area contributed by atoms with Crippen LogP contribution < -0.4 is 5.32 Å². The lowest BCUT2D eigenvalue weighted by molar-refractivity contribution is -0.387. The van der Waals surface area contributed by atoms with Crippen LogP contribution in [0.3, 0.4) is 0 Å². The number of benzene rings is 2. The van der Waals surface area contributed by atoms with Gasteiger partial charge in [-0.15, -0.1) is 0 Å². The van der Waals surface area contributed by atoms with Gasteiger partial charge in [-0.2, -0.15) is 4.39 Å². The topological polar surface area (TPSA) is 98.3 Å². The maximum absolute atomic E-state index is 12.8. The highest BCUT2D eigenvalue weighted by molar-refractivity contribution is 5.61. The second-order valence-corrected chi connectivity index (χ2v) is 5.07. The summed E-state index contributed by atoms with van der Waals surface area (Å²) in [7, 11) is 0. The smallest absolute Gasteiger partial charge is 0.304 e. The van der Waals surface area contributed by atoms with Crippen molar-refractivity contribution in [3.63, 3.8) is 0 Å². The van der Waals surface area contributed by atoms with Gasteiger partial charge in [0.15, 0.2) is 0 Å². The molecule has 2 aromatic rings. The molecule has 0 saturated heterocycles. The van der Waals surface area contributed by atoms with Crippen molar-refractivity contribution in [2.45, 2.75) is 19.9 Å². The molecule has 0 aromatic heterocycles. The van der Waals surface area contributed by atoms with E-state index in [0.29, 0.717) is 6.07 Å². The van der Waals surface area contributed by atoms with E-state index in [2.05, 4.69) is 5.32 Å². The molecular weight excluding hydrogens is 343 g/mol. The van der Waals surface area contributed by atoms with E-state index in [-0.39, 0.29) is 17.4 Å². The predicted molar refractivity (Wildman–Crippen MR) is 84.8 cm³/mol. The first-order chi connectivity index (χ1) is 11.6. The molecule has 0 unspecified atom stereocenters. The highest BCUT2D eigenvalue weighted by atomic mass is 19.1. The summed E-state index contributed by atoms with van der Waals surface area (Å²) in [6.45, 7) is 3.66. The summed E-state index contributed by atoms with van der Waals surface area (Å²) < 4.78 is 37.4. The van der Waals surface area contributed by atoms with Crippen molar-refractivity contribution < 1.29 is 23.0 Å². The van der Waals surface area contributed by atoms with Crippen LogP contribution in [-0.4, -0.2) is 15.9 Å². The molecule has 0 heterocycles. The summed E-state index contributed by atoms with van der Waals surface area (Å²) in [6, 6.07) is 5.46. The molecule has 0 radical (unpaired) electrons. The van der Waals surface area contributed by atoms with Crippen molar-refractivity contribution in [1.29, 1.82) is 0 Å². The van der Waals surface area contributed by atoms with E-state index in [0.717, 1.165) is 30.3 Å². The Kier molecular flexibility index (Phi) is 6.85. The SMILES string of the molecule is CC(C)Nc1cc(F)ccc1[N+](=O)[O-].O=[N+]([O-])c1ccc(F)cc1F.